The first-order valence-electron chi connectivity index (χ1n) is 10.1. The predicted octanol–water partition coefficient (Wildman–Crippen LogP) is 2.34. The number of aromatic nitrogens is 1. The number of nitrogens with zero attached hydrogens (tertiary/aromatic N) is 2. The lowest BCUT2D eigenvalue weighted by Gasteiger charge is -2.29. The molecule has 2 N–H and O–H groups in total. The molecule has 2 aliphatic heterocycles. The number of nitrogens with one attached hydrogen (secondary N) is 2. The van der Waals surface area contributed by atoms with Gasteiger partial charge < -0.3 is 10.2 Å². The van der Waals surface area contributed by atoms with E-state index < -0.39 is 11.9 Å². The zero-order valence-corrected chi connectivity index (χ0v) is 18.6. The number of fused-ring (bicyclic) bond motifs is 1. The van der Waals surface area contributed by atoms with Crippen LogP contribution in [0.25, 0.3) is 0 Å². The molecule has 0 radical (unpaired) electrons. The minimum Gasteiger partial charge on any atom is -0.347 e. The average molecular weight is 459 g/mol. The van der Waals surface area contributed by atoms with Crippen LogP contribution in [0.3, 0.4) is 0 Å². The van der Waals surface area contributed by atoms with Gasteiger partial charge in [0.2, 0.25) is 11.8 Å². The first-order chi connectivity index (χ1) is 15.0. The fraction of sp³-hybridized carbons (Fsp3) is 0.381. The number of hydrogen-bond donors (Lipinski definition) is 2. The van der Waals surface area contributed by atoms with Gasteiger partial charge in [-0.1, -0.05) is 6.92 Å². The molecule has 2 aromatic rings. The van der Waals surface area contributed by atoms with Gasteiger partial charge in [0.15, 0.2) is 0 Å². The van der Waals surface area contributed by atoms with E-state index in [9.17, 15) is 19.2 Å². The van der Waals surface area contributed by atoms with Crippen molar-refractivity contribution in [2.45, 2.75) is 50.3 Å². The lowest BCUT2D eigenvalue weighted by Crippen LogP contribution is -2.52. The third kappa shape index (κ3) is 4.49. The molecule has 31 heavy (non-hydrogen) atoms. The monoisotopic (exact) mass is 458 g/mol. The SMILES string of the molecule is CCCSc1ncccc1C(=O)NCc1cc2c(s1)C(=O)N(C1CCC(=O)NC1=O)C2. The van der Waals surface area contributed by atoms with Crippen molar-refractivity contribution in [3.8, 4) is 0 Å². The number of amides is 4. The molecule has 0 aliphatic carbocycles. The van der Waals surface area contributed by atoms with Crippen molar-refractivity contribution in [3.63, 3.8) is 0 Å². The number of imide groups is 1. The number of pyridine rings is 1. The maximum Gasteiger partial charge on any atom is 0.265 e. The van der Waals surface area contributed by atoms with Crippen LogP contribution in [0.1, 0.15) is 56.7 Å². The highest BCUT2D eigenvalue weighted by Crippen LogP contribution is 2.33. The lowest BCUT2D eigenvalue weighted by molar-refractivity contribution is -0.136. The summed E-state index contributed by atoms with van der Waals surface area (Å²) in [5.41, 5.74) is 1.40. The van der Waals surface area contributed by atoms with E-state index in [2.05, 4.69) is 22.5 Å². The number of carbonyl (C=O) groups is 4. The fourth-order valence-corrected chi connectivity index (χ4v) is 5.54. The van der Waals surface area contributed by atoms with Gasteiger partial charge in [-0.2, -0.15) is 0 Å². The molecule has 4 amide bonds. The minimum absolute atomic E-state index is 0.197. The van der Waals surface area contributed by atoms with Gasteiger partial charge in [-0.15, -0.1) is 23.1 Å². The molecule has 1 atom stereocenters. The van der Waals surface area contributed by atoms with Gasteiger partial charge in [-0.05, 0) is 42.4 Å². The minimum atomic E-state index is -0.613. The van der Waals surface area contributed by atoms with E-state index in [-0.39, 0.29) is 24.1 Å². The Balaban J connectivity index is 1.39. The average Bonchev–Trinajstić information content (AvgIpc) is 3.29. The molecule has 0 saturated carbocycles. The van der Waals surface area contributed by atoms with Gasteiger partial charge in [0, 0.05) is 24.0 Å². The van der Waals surface area contributed by atoms with Gasteiger partial charge in [0.1, 0.15) is 11.1 Å². The second kappa shape index (κ2) is 9.19. The van der Waals surface area contributed by atoms with Crippen molar-refractivity contribution in [1.29, 1.82) is 0 Å². The lowest BCUT2D eigenvalue weighted by atomic mass is 10.0. The van der Waals surface area contributed by atoms with E-state index in [4.69, 9.17) is 0 Å². The summed E-state index contributed by atoms with van der Waals surface area (Å²) >= 11 is 2.89. The second-order valence-corrected chi connectivity index (χ2v) is 9.57. The van der Waals surface area contributed by atoms with Gasteiger partial charge in [0.05, 0.1) is 17.0 Å². The molecule has 2 aromatic heterocycles. The number of carbonyl (C=O) groups excluding carboxylic acids is 4. The number of hydrogen-bond acceptors (Lipinski definition) is 7. The highest BCUT2D eigenvalue weighted by molar-refractivity contribution is 7.99. The van der Waals surface area contributed by atoms with E-state index in [0.29, 0.717) is 35.0 Å². The molecular formula is C21H22N4O4S2. The van der Waals surface area contributed by atoms with Crippen LogP contribution in [-0.4, -0.2) is 45.3 Å². The standard InChI is InChI=1S/C21H22N4O4S2/c1-2-8-30-20-14(4-3-7-22-20)18(27)23-10-13-9-12-11-25(21(29)17(12)31-13)15-5-6-16(26)24-19(15)28/h3-4,7,9,15H,2,5-6,8,10-11H2,1H3,(H,23,27)(H,24,26,28). The van der Waals surface area contributed by atoms with E-state index in [0.717, 1.165) is 22.6 Å². The molecule has 8 nitrogen and oxygen atoms in total. The molecule has 0 spiro atoms. The summed E-state index contributed by atoms with van der Waals surface area (Å²) in [5, 5.41) is 5.93. The van der Waals surface area contributed by atoms with Crippen molar-refractivity contribution in [2.75, 3.05) is 5.75 Å². The Hall–Kier alpha value is -2.72. The number of thioether (sulfide) groups is 1. The number of piperidine rings is 1. The Bertz CT molecular complexity index is 1050. The molecule has 0 bridgehead atoms. The van der Waals surface area contributed by atoms with Crippen LogP contribution in [0.5, 0.6) is 0 Å². The van der Waals surface area contributed by atoms with Crippen molar-refractivity contribution in [1.82, 2.24) is 20.5 Å². The Morgan fingerprint density at radius 3 is 2.97 bits per heavy atom. The predicted molar refractivity (Wildman–Crippen MR) is 117 cm³/mol. The van der Waals surface area contributed by atoms with Gasteiger partial charge in [-0.25, -0.2) is 4.98 Å². The Labute approximate surface area is 187 Å². The zero-order chi connectivity index (χ0) is 22.0. The summed E-state index contributed by atoms with van der Waals surface area (Å²) in [6.07, 6.45) is 3.25. The van der Waals surface area contributed by atoms with E-state index in [1.54, 1.807) is 30.1 Å². The maximum atomic E-state index is 12.8. The summed E-state index contributed by atoms with van der Waals surface area (Å²) in [6, 6.07) is 4.79. The molecule has 1 saturated heterocycles. The molecule has 10 heteroatoms. The van der Waals surface area contributed by atoms with Gasteiger partial charge >= 0.3 is 0 Å². The van der Waals surface area contributed by atoms with Crippen LogP contribution in [0.15, 0.2) is 29.4 Å². The molecule has 0 aromatic carbocycles. The molecule has 1 fully saturated rings. The summed E-state index contributed by atoms with van der Waals surface area (Å²) in [7, 11) is 0. The molecule has 2 aliphatic rings. The molecule has 4 rings (SSSR count). The third-order valence-electron chi connectivity index (χ3n) is 5.12. The molecular weight excluding hydrogens is 436 g/mol. The van der Waals surface area contributed by atoms with Crippen LogP contribution in [-0.2, 0) is 22.7 Å². The Morgan fingerprint density at radius 2 is 2.23 bits per heavy atom. The van der Waals surface area contributed by atoms with Crippen LogP contribution in [0.4, 0.5) is 0 Å². The van der Waals surface area contributed by atoms with Crippen molar-refractivity contribution in [3.05, 3.63) is 45.3 Å². The number of thiophene rings is 1. The zero-order valence-electron chi connectivity index (χ0n) is 17.0. The van der Waals surface area contributed by atoms with Gasteiger partial charge in [0.25, 0.3) is 11.8 Å². The van der Waals surface area contributed by atoms with Crippen LogP contribution < -0.4 is 10.6 Å². The highest BCUT2D eigenvalue weighted by Gasteiger charge is 2.40. The van der Waals surface area contributed by atoms with Crippen LogP contribution in [0, 0.1) is 0 Å². The Kier molecular flexibility index (Phi) is 6.38. The maximum absolute atomic E-state index is 12.8. The highest BCUT2D eigenvalue weighted by atomic mass is 32.2. The summed E-state index contributed by atoms with van der Waals surface area (Å²) < 4.78 is 0. The third-order valence-corrected chi connectivity index (χ3v) is 7.50. The smallest absolute Gasteiger partial charge is 0.265 e. The van der Waals surface area contributed by atoms with E-state index >= 15 is 0 Å². The first kappa shape index (κ1) is 21.5. The van der Waals surface area contributed by atoms with Crippen LogP contribution >= 0.6 is 23.1 Å². The van der Waals surface area contributed by atoms with Crippen molar-refractivity contribution < 1.29 is 19.2 Å². The van der Waals surface area contributed by atoms with Crippen molar-refractivity contribution in [2.24, 2.45) is 0 Å². The Morgan fingerprint density at radius 1 is 1.39 bits per heavy atom. The molecule has 4 heterocycles. The largest absolute Gasteiger partial charge is 0.347 e. The summed E-state index contributed by atoms with van der Waals surface area (Å²) in [4.78, 5) is 56.2. The van der Waals surface area contributed by atoms with Gasteiger partial charge in [-0.3, -0.25) is 24.5 Å². The quantitative estimate of drug-likeness (QED) is 0.487. The topological polar surface area (TPSA) is 108 Å². The van der Waals surface area contributed by atoms with Crippen molar-refractivity contribution >= 4 is 46.7 Å². The normalized spacial score (nSPS) is 18.2. The second-order valence-electron chi connectivity index (χ2n) is 7.35. The fourth-order valence-electron chi connectivity index (χ4n) is 3.63. The summed E-state index contributed by atoms with van der Waals surface area (Å²) in [5.74, 6) is -0.221. The van der Waals surface area contributed by atoms with E-state index in [1.807, 2.05) is 6.07 Å². The molecule has 162 valence electrons. The molecule has 1 unspecified atom stereocenters. The van der Waals surface area contributed by atoms with Crippen LogP contribution in [0.2, 0.25) is 0 Å². The number of rotatable bonds is 7. The first-order valence-corrected chi connectivity index (χ1v) is 11.9. The van der Waals surface area contributed by atoms with E-state index in [1.165, 1.54) is 16.2 Å². The summed E-state index contributed by atoms with van der Waals surface area (Å²) in [6.45, 7) is 2.73.